The van der Waals surface area contributed by atoms with E-state index in [-0.39, 0.29) is 0 Å². The Bertz CT molecular complexity index is 331. The summed E-state index contributed by atoms with van der Waals surface area (Å²) < 4.78 is 5.09. The van der Waals surface area contributed by atoms with E-state index in [1.165, 1.54) is 0 Å². The third-order valence-corrected chi connectivity index (χ3v) is 3.30. The zero-order valence-corrected chi connectivity index (χ0v) is 9.36. The number of hydrogen-bond acceptors (Lipinski definition) is 2. The molecule has 0 saturated heterocycles. The van der Waals surface area contributed by atoms with Gasteiger partial charge >= 0.3 is 0 Å². The summed E-state index contributed by atoms with van der Waals surface area (Å²) in [6.45, 7) is 2.16. The Morgan fingerprint density at radius 2 is 2.07 bits per heavy atom. The number of benzene rings is 1. The van der Waals surface area contributed by atoms with Gasteiger partial charge in [-0.25, -0.2) is 0 Å². The second kappa shape index (κ2) is 3.86. The first kappa shape index (κ1) is 10.5. The van der Waals surface area contributed by atoms with E-state index in [4.69, 9.17) is 4.74 Å². The van der Waals surface area contributed by atoms with Gasteiger partial charge in [-0.1, -0.05) is 25.5 Å². The molecule has 0 spiro atoms. The number of hydrogen-bond donors (Lipinski definition) is 1. The fourth-order valence-corrected chi connectivity index (χ4v) is 2.24. The molecule has 0 radical (unpaired) electrons. The van der Waals surface area contributed by atoms with Crippen LogP contribution in [-0.4, -0.2) is 12.2 Å². The molecular formula is C13H18O2. The van der Waals surface area contributed by atoms with E-state index in [0.29, 0.717) is 5.92 Å². The van der Waals surface area contributed by atoms with Gasteiger partial charge in [0.05, 0.1) is 12.7 Å². The van der Waals surface area contributed by atoms with Crippen molar-refractivity contribution < 1.29 is 9.84 Å². The van der Waals surface area contributed by atoms with Crippen molar-refractivity contribution in [1.29, 1.82) is 0 Å². The zero-order chi connectivity index (χ0) is 10.9. The van der Waals surface area contributed by atoms with Gasteiger partial charge in [-0.05, 0) is 36.5 Å². The largest absolute Gasteiger partial charge is 0.497 e. The average Bonchev–Trinajstić information content (AvgIpc) is 2.92. The lowest BCUT2D eigenvalue weighted by Gasteiger charge is -2.11. The van der Waals surface area contributed by atoms with E-state index in [9.17, 15) is 5.11 Å². The third-order valence-electron chi connectivity index (χ3n) is 3.30. The monoisotopic (exact) mass is 206 g/mol. The van der Waals surface area contributed by atoms with Gasteiger partial charge in [0.15, 0.2) is 0 Å². The maximum atomic E-state index is 10.3. The minimum Gasteiger partial charge on any atom is -0.497 e. The summed E-state index contributed by atoms with van der Waals surface area (Å²) in [6.07, 6.45) is 3.17. The van der Waals surface area contributed by atoms with Crippen LogP contribution in [-0.2, 0) is 5.60 Å². The summed E-state index contributed by atoms with van der Waals surface area (Å²) >= 11 is 0. The Morgan fingerprint density at radius 3 is 2.60 bits per heavy atom. The van der Waals surface area contributed by atoms with Crippen LogP contribution in [0.2, 0.25) is 0 Å². The van der Waals surface area contributed by atoms with E-state index < -0.39 is 5.60 Å². The topological polar surface area (TPSA) is 29.5 Å². The molecule has 0 heterocycles. The van der Waals surface area contributed by atoms with Crippen LogP contribution in [0.3, 0.4) is 0 Å². The molecule has 0 aromatic heterocycles. The van der Waals surface area contributed by atoms with Crippen LogP contribution >= 0.6 is 0 Å². The molecule has 15 heavy (non-hydrogen) atoms. The van der Waals surface area contributed by atoms with E-state index in [0.717, 1.165) is 30.6 Å². The zero-order valence-electron chi connectivity index (χ0n) is 9.36. The summed E-state index contributed by atoms with van der Waals surface area (Å²) in [7, 11) is 1.65. The predicted octanol–water partition coefficient (Wildman–Crippen LogP) is 2.70. The van der Waals surface area contributed by atoms with Crippen molar-refractivity contribution in [3.63, 3.8) is 0 Å². The lowest BCUT2D eigenvalue weighted by atomic mass is 10.0. The highest BCUT2D eigenvalue weighted by atomic mass is 16.5. The van der Waals surface area contributed by atoms with Crippen molar-refractivity contribution in [3.05, 3.63) is 29.8 Å². The third kappa shape index (κ3) is 1.86. The minimum atomic E-state index is -0.553. The number of ether oxygens (including phenoxy) is 1. The van der Waals surface area contributed by atoms with Crippen LogP contribution in [0.25, 0.3) is 0 Å². The van der Waals surface area contributed by atoms with Gasteiger partial charge in [0.25, 0.3) is 0 Å². The lowest BCUT2D eigenvalue weighted by molar-refractivity contribution is 0.129. The summed E-state index contributed by atoms with van der Waals surface area (Å²) in [5, 5.41) is 10.3. The van der Waals surface area contributed by atoms with Crippen LogP contribution in [0.5, 0.6) is 5.75 Å². The van der Waals surface area contributed by atoms with Crippen LogP contribution in [0.1, 0.15) is 31.7 Å². The van der Waals surface area contributed by atoms with Crippen molar-refractivity contribution in [1.82, 2.24) is 0 Å². The minimum absolute atomic E-state index is 0.455. The summed E-state index contributed by atoms with van der Waals surface area (Å²) in [4.78, 5) is 0. The molecule has 0 bridgehead atoms. The fourth-order valence-electron chi connectivity index (χ4n) is 2.24. The molecule has 1 aromatic carbocycles. The normalized spacial score (nSPS) is 28.9. The highest BCUT2D eigenvalue weighted by molar-refractivity contribution is 5.34. The van der Waals surface area contributed by atoms with E-state index in [2.05, 4.69) is 6.92 Å². The Morgan fingerprint density at radius 1 is 1.40 bits per heavy atom. The Labute approximate surface area is 90.9 Å². The van der Waals surface area contributed by atoms with Gasteiger partial charge in [0.1, 0.15) is 5.75 Å². The van der Waals surface area contributed by atoms with Crippen LogP contribution in [0.15, 0.2) is 24.3 Å². The summed E-state index contributed by atoms with van der Waals surface area (Å²) in [6, 6.07) is 7.76. The number of rotatable bonds is 4. The summed E-state index contributed by atoms with van der Waals surface area (Å²) in [5.74, 6) is 1.30. The lowest BCUT2D eigenvalue weighted by Crippen LogP contribution is -2.08. The molecule has 0 amide bonds. The van der Waals surface area contributed by atoms with Gasteiger partial charge in [-0.15, -0.1) is 0 Å². The molecule has 2 atom stereocenters. The van der Waals surface area contributed by atoms with Crippen molar-refractivity contribution in [2.24, 2.45) is 5.92 Å². The van der Waals surface area contributed by atoms with Crippen LogP contribution in [0.4, 0.5) is 0 Å². The van der Waals surface area contributed by atoms with Gasteiger partial charge in [0, 0.05) is 0 Å². The standard InChI is InChI=1S/C13H18O2/c1-3-4-11-9-13(11,14)10-5-7-12(15-2)8-6-10/h5-8,11,14H,3-4,9H2,1-2H3. The molecular weight excluding hydrogens is 188 g/mol. The molecule has 1 aliphatic rings. The average molecular weight is 206 g/mol. The van der Waals surface area contributed by atoms with E-state index >= 15 is 0 Å². The molecule has 0 aliphatic heterocycles. The second-order valence-corrected chi connectivity index (χ2v) is 4.34. The van der Waals surface area contributed by atoms with Gasteiger partial charge < -0.3 is 9.84 Å². The quantitative estimate of drug-likeness (QED) is 0.820. The van der Waals surface area contributed by atoms with Gasteiger partial charge in [-0.3, -0.25) is 0 Å². The van der Waals surface area contributed by atoms with E-state index in [1.807, 2.05) is 24.3 Å². The first-order valence-electron chi connectivity index (χ1n) is 5.57. The SMILES string of the molecule is CCCC1CC1(O)c1ccc(OC)cc1. The maximum absolute atomic E-state index is 10.3. The van der Waals surface area contributed by atoms with Crippen LogP contribution < -0.4 is 4.74 Å². The Hall–Kier alpha value is -1.02. The second-order valence-electron chi connectivity index (χ2n) is 4.34. The summed E-state index contributed by atoms with van der Waals surface area (Å²) in [5.41, 5.74) is 0.476. The highest BCUT2D eigenvalue weighted by Gasteiger charge is 2.53. The molecule has 1 N–H and O–H groups in total. The van der Waals surface area contributed by atoms with E-state index in [1.54, 1.807) is 7.11 Å². The molecule has 2 heteroatoms. The fraction of sp³-hybridized carbons (Fsp3) is 0.538. The predicted molar refractivity (Wildman–Crippen MR) is 59.9 cm³/mol. The van der Waals surface area contributed by atoms with Gasteiger partial charge in [-0.2, -0.15) is 0 Å². The first-order chi connectivity index (χ1) is 7.20. The molecule has 1 aromatic rings. The molecule has 2 rings (SSSR count). The van der Waals surface area contributed by atoms with Crippen molar-refractivity contribution in [3.8, 4) is 5.75 Å². The molecule has 1 aliphatic carbocycles. The van der Waals surface area contributed by atoms with Crippen molar-refractivity contribution in [2.75, 3.05) is 7.11 Å². The van der Waals surface area contributed by atoms with Gasteiger partial charge in [0.2, 0.25) is 0 Å². The van der Waals surface area contributed by atoms with Crippen LogP contribution in [0, 0.1) is 5.92 Å². The number of methoxy groups -OCH3 is 1. The van der Waals surface area contributed by atoms with Crippen molar-refractivity contribution in [2.45, 2.75) is 31.8 Å². The molecule has 1 saturated carbocycles. The van der Waals surface area contributed by atoms with Crippen molar-refractivity contribution >= 4 is 0 Å². The maximum Gasteiger partial charge on any atom is 0.118 e. The Balaban J connectivity index is 2.10. The molecule has 1 fully saturated rings. The molecule has 82 valence electrons. The Kier molecular flexibility index (Phi) is 2.70. The molecule has 2 nitrogen and oxygen atoms in total. The first-order valence-corrected chi connectivity index (χ1v) is 5.57. The number of aliphatic hydroxyl groups is 1. The molecule has 2 unspecified atom stereocenters. The smallest absolute Gasteiger partial charge is 0.118 e. The highest BCUT2D eigenvalue weighted by Crippen LogP contribution is 2.54.